The van der Waals surface area contributed by atoms with Gasteiger partial charge in [0.15, 0.2) is 17.3 Å². The number of methoxy groups -OCH3 is 1. The van der Waals surface area contributed by atoms with Crippen molar-refractivity contribution in [2.24, 2.45) is 0 Å². The van der Waals surface area contributed by atoms with Gasteiger partial charge in [-0.2, -0.15) is 9.50 Å². The first-order valence-corrected chi connectivity index (χ1v) is 12.9. The number of benzene rings is 2. The molecule has 0 saturated heterocycles. The van der Waals surface area contributed by atoms with Gasteiger partial charge >= 0.3 is 0 Å². The Bertz CT molecular complexity index is 1360. The van der Waals surface area contributed by atoms with E-state index >= 15 is 0 Å². The van der Waals surface area contributed by atoms with E-state index in [2.05, 4.69) is 23.9 Å². The van der Waals surface area contributed by atoms with Gasteiger partial charge in [-0.25, -0.2) is 0 Å². The fourth-order valence-electron chi connectivity index (χ4n) is 3.63. The van der Waals surface area contributed by atoms with E-state index in [9.17, 15) is 4.79 Å². The van der Waals surface area contributed by atoms with Crippen LogP contribution in [-0.2, 0) is 0 Å². The van der Waals surface area contributed by atoms with Gasteiger partial charge in [0, 0.05) is 5.56 Å². The molecule has 0 bridgehead atoms. The predicted octanol–water partition coefficient (Wildman–Crippen LogP) is 5.12. The van der Waals surface area contributed by atoms with Crippen LogP contribution in [-0.4, -0.2) is 34.9 Å². The number of hydrogen-bond acceptors (Lipinski definition) is 7. The normalized spacial score (nSPS) is 11.8. The van der Waals surface area contributed by atoms with Crippen molar-refractivity contribution < 1.29 is 14.2 Å². The van der Waals surface area contributed by atoms with Crippen molar-refractivity contribution in [3.63, 3.8) is 0 Å². The van der Waals surface area contributed by atoms with Gasteiger partial charge in [0.25, 0.3) is 5.56 Å². The lowest BCUT2D eigenvalue weighted by atomic mass is 10.2. The number of aromatic nitrogens is 3. The molecule has 0 aliphatic carbocycles. The molecule has 0 spiro atoms. The number of unbranched alkanes of at least 4 members (excludes halogenated alkanes) is 3. The third kappa shape index (κ3) is 6.00. The highest BCUT2D eigenvalue weighted by Gasteiger charge is 2.13. The second-order valence-electron chi connectivity index (χ2n) is 8.24. The summed E-state index contributed by atoms with van der Waals surface area (Å²) in [6, 6.07) is 13.3. The van der Waals surface area contributed by atoms with E-state index in [0.29, 0.717) is 40.0 Å². The van der Waals surface area contributed by atoms with Crippen LogP contribution in [0, 0.1) is 0 Å². The maximum Gasteiger partial charge on any atom is 0.291 e. The van der Waals surface area contributed by atoms with Crippen LogP contribution in [0.4, 0.5) is 0 Å². The van der Waals surface area contributed by atoms with E-state index in [0.717, 1.165) is 36.1 Å². The lowest BCUT2D eigenvalue weighted by Crippen LogP contribution is -2.23. The molecule has 4 aromatic rings. The minimum atomic E-state index is -0.193. The summed E-state index contributed by atoms with van der Waals surface area (Å²) in [4.78, 5) is 18.1. The Morgan fingerprint density at radius 3 is 2.49 bits per heavy atom. The van der Waals surface area contributed by atoms with E-state index in [1.165, 1.54) is 28.7 Å². The van der Waals surface area contributed by atoms with E-state index in [-0.39, 0.29) is 5.56 Å². The SMILES string of the molecule is CCCCCCOc1ccc(C=c2sc3nc(-c4ccc(OCCC)cc4)nn3c2=O)cc1OC. The topological polar surface area (TPSA) is 75.0 Å². The first-order chi connectivity index (χ1) is 17.1. The van der Waals surface area contributed by atoms with Crippen LogP contribution in [0.25, 0.3) is 22.4 Å². The number of ether oxygens (including phenoxy) is 3. The second kappa shape index (κ2) is 11.8. The first kappa shape index (κ1) is 24.7. The molecule has 0 unspecified atom stereocenters. The molecule has 35 heavy (non-hydrogen) atoms. The first-order valence-electron chi connectivity index (χ1n) is 12.1. The Balaban J connectivity index is 1.52. The molecule has 0 atom stereocenters. The van der Waals surface area contributed by atoms with Gasteiger partial charge in [0.1, 0.15) is 5.75 Å². The van der Waals surface area contributed by atoms with E-state index < -0.39 is 0 Å². The maximum absolute atomic E-state index is 13.0. The highest BCUT2D eigenvalue weighted by atomic mass is 32.1. The van der Waals surface area contributed by atoms with Gasteiger partial charge in [-0.15, -0.1) is 5.10 Å². The van der Waals surface area contributed by atoms with Crippen molar-refractivity contribution in [2.75, 3.05) is 20.3 Å². The van der Waals surface area contributed by atoms with Crippen LogP contribution in [0.5, 0.6) is 17.2 Å². The minimum absolute atomic E-state index is 0.193. The summed E-state index contributed by atoms with van der Waals surface area (Å²) in [7, 11) is 1.62. The molecule has 4 rings (SSSR count). The van der Waals surface area contributed by atoms with Crippen molar-refractivity contribution in [3.8, 4) is 28.6 Å². The monoisotopic (exact) mass is 493 g/mol. The Labute approximate surface area is 209 Å². The summed E-state index contributed by atoms with van der Waals surface area (Å²) in [5, 5.41) is 4.44. The molecule has 2 aromatic carbocycles. The Kier molecular flexibility index (Phi) is 8.36. The summed E-state index contributed by atoms with van der Waals surface area (Å²) >= 11 is 1.31. The lowest BCUT2D eigenvalue weighted by Gasteiger charge is -2.11. The molecule has 0 N–H and O–H groups in total. The summed E-state index contributed by atoms with van der Waals surface area (Å²) in [6.45, 7) is 5.60. The quantitative estimate of drug-likeness (QED) is 0.255. The number of nitrogens with zero attached hydrogens (tertiary/aromatic N) is 3. The fraction of sp³-hybridized carbons (Fsp3) is 0.370. The van der Waals surface area contributed by atoms with E-state index in [1.807, 2.05) is 48.5 Å². The molecule has 8 heteroatoms. The number of hydrogen-bond donors (Lipinski definition) is 0. The van der Waals surface area contributed by atoms with Crippen LogP contribution in [0.15, 0.2) is 47.3 Å². The number of fused-ring (bicyclic) bond motifs is 1. The maximum atomic E-state index is 13.0. The van der Waals surface area contributed by atoms with Gasteiger partial charge in [0.2, 0.25) is 4.96 Å². The summed E-state index contributed by atoms with van der Waals surface area (Å²) in [6.07, 6.45) is 7.37. The average Bonchev–Trinajstić information content (AvgIpc) is 3.42. The molecule has 7 nitrogen and oxygen atoms in total. The Morgan fingerprint density at radius 1 is 0.943 bits per heavy atom. The molecule has 0 aliphatic rings. The Hall–Kier alpha value is -3.39. The third-order valence-electron chi connectivity index (χ3n) is 5.51. The zero-order valence-electron chi connectivity index (χ0n) is 20.5. The second-order valence-corrected chi connectivity index (χ2v) is 9.25. The van der Waals surface area contributed by atoms with Crippen molar-refractivity contribution in [2.45, 2.75) is 46.0 Å². The fourth-order valence-corrected chi connectivity index (χ4v) is 4.54. The van der Waals surface area contributed by atoms with E-state index in [1.54, 1.807) is 7.11 Å². The van der Waals surface area contributed by atoms with Crippen LogP contribution < -0.4 is 24.3 Å². The minimum Gasteiger partial charge on any atom is -0.494 e. The summed E-state index contributed by atoms with van der Waals surface area (Å²) in [5.74, 6) is 2.68. The summed E-state index contributed by atoms with van der Waals surface area (Å²) in [5.41, 5.74) is 1.50. The van der Waals surface area contributed by atoms with Gasteiger partial charge in [-0.1, -0.05) is 50.5 Å². The predicted molar refractivity (Wildman–Crippen MR) is 140 cm³/mol. The number of rotatable bonds is 12. The van der Waals surface area contributed by atoms with Crippen molar-refractivity contribution in [3.05, 3.63) is 62.9 Å². The molecule has 0 saturated carbocycles. The zero-order chi connectivity index (χ0) is 24.6. The third-order valence-corrected chi connectivity index (χ3v) is 6.47. The van der Waals surface area contributed by atoms with Gasteiger partial charge in [-0.05, 0) is 60.9 Å². The highest BCUT2D eigenvalue weighted by molar-refractivity contribution is 7.15. The van der Waals surface area contributed by atoms with Crippen molar-refractivity contribution >= 4 is 22.4 Å². The molecule has 0 aliphatic heterocycles. The molecule has 2 heterocycles. The van der Waals surface area contributed by atoms with Crippen LogP contribution in [0.3, 0.4) is 0 Å². The van der Waals surface area contributed by atoms with Crippen molar-refractivity contribution in [1.82, 2.24) is 14.6 Å². The van der Waals surface area contributed by atoms with Crippen molar-refractivity contribution in [1.29, 1.82) is 0 Å². The number of thiazole rings is 1. The van der Waals surface area contributed by atoms with E-state index in [4.69, 9.17) is 14.2 Å². The molecule has 2 aromatic heterocycles. The lowest BCUT2D eigenvalue weighted by molar-refractivity contribution is 0.285. The summed E-state index contributed by atoms with van der Waals surface area (Å²) < 4.78 is 18.9. The van der Waals surface area contributed by atoms with Gasteiger partial charge in [0.05, 0.1) is 24.9 Å². The molecular formula is C27H31N3O4S. The van der Waals surface area contributed by atoms with Crippen LogP contribution in [0.1, 0.15) is 51.5 Å². The van der Waals surface area contributed by atoms with Crippen LogP contribution in [0.2, 0.25) is 0 Å². The molecule has 0 amide bonds. The van der Waals surface area contributed by atoms with Crippen LogP contribution >= 0.6 is 11.3 Å². The largest absolute Gasteiger partial charge is 0.494 e. The highest BCUT2D eigenvalue weighted by Crippen LogP contribution is 2.28. The standard InChI is InChI=1S/C27H31N3O4S/c1-4-6-7-8-16-34-22-14-9-19(17-23(22)32-3)18-24-26(31)30-27(35-24)28-25(29-30)20-10-12-21(13-11-20)33-15-5-2/h9-14,17-18H,4-8,15-16H2,1-3H3. The molecule has 0 radical (unpaired) electrons. The smallest absolute Gasteiger partial charge is 0.291 e. The van der Waals surface area contributed by atoms with Gasteiger partial charge in [-0.3, -0.25) is 4.79 Å². The molecule has 184 valence electrons. The molecule has 0 fully saturated rings. The average molecular weight is 494 g/mol. The molecular weight excluding hydrogens is 462 g/mol. The van der Waals surface area contributed by atoms with Gasteiger partial charge < -0.3 is 14.2 Å². The zero-order valence-corrected chi connectivity index (χ0v) is 21.3. The Morgan fingerprint density at radius 2 is 1.77 bits per heavy atom.